The van der Waals surface area contributed by atoms with Gasteiger partial charge in [0.15, 0.2) is 5.11 Å². The number of hydrogen-bond acceptors (Lipinski definition) is 4. The number of thiocarbonyl (C=S) groups is 1. The molecule has 1 aliphatic rings. The number of amides is 1. The van der Waals surface area contributed by atoms with E-state index in [2.05, 4.69) is 16.2 Å². The molecule has 1 atom stereocenters. The third kappa shape index (κ3) is 4.07. The van der Waals surface area contributed by atoms with E-state index in [-0.39, 0.29) is 17.4 Å². The Balaban J connectivity index is 1.72. The number of carbonyl (C=O) groups excluding carboxylic acids is 1. The summed E-state index contributed by atoms with van der Waals surface area (Å²) in [5, 5.41) is 12.8. The van der Waals surface area contributed by atoms with E-state index in [4.69, 9.17) is 17.0 Å². The zero-order valence-corrected chi connectivity index (χ0v) is 11.7. The topological polar surface area (TPSA) is 82.6 Å². The molecule has 1 saturated heterocycles. The summed E-state index contributed by atoms with van der Waals surface area (Å²) in [6.45, 7) is 1.40. The zero-order chi connectivity index (χ0) is 14.4. The summed E-state index contributed by atoms with van der Waals surface area (Å²) in [5.74, 6) is -0.533. The molecule has 2 rings (SSSR count). The molecule has 1 aromatic rings. The van der Waals surface area contributed by atoms with Gasteiger partial charge in [-0.05, 0) is 37.2 Å². The fourth-order valence-electron chi connectivity index (χ4n) is 1.90. The molecule has 4 N–H and O–H groups in total. The minimum absolute atomic E-state index is 0.0787. The van der Waals surface area contributed by atoms with Gasteiger partial charge in [-0.15, -0.1) is 0 Å². The summed E-state index contributed by atoms with van der Waals surface area (Å²) in [7, 11) is 0. The average molecular weight is 295 g/mol. The molecule has 0 aromatic heterocycles. The lowest BCUT2D eigenvalue weighted by Crippen LogP contribution is -2.48. The number of hydrazine groups is 1. The van der Waals surface area contributed by atoms with Gasteiger partial charge in [-0.25, -0.2) is 0 Å². The van der Waals surface area contributed by atoms with Gasteiger partial charge in [0.1, 0.15) is 5.75 Å². The van der Waals surface area contributed by atoms with Crippen molar-refractivity contribution in [3.63, 3.8) is 0 Å². The summed E-state index contributed by atoms with van der Waals surface area (Å²) in [6.07, 6.45) is 2.25. The molecule has 1 heterocycles. The monoisotopic (exact) mass is 295 g/mol. The zero-order valence-electron chi connectivity index (χ0n) is 10.9. The van der Waals surface area contributed by atoms with E-state index in [0.717, 1.165) is 19.4 Å². The molecule has 1 unspecified atom stereocenters. The Hall–Kier alpha value is -1.86. The largest absolute Gasteiger partial charge is 0.507 e. The predicted octanol–water partition coefficient (Wildman–Crippen LogP) is 0.680. The van der Waals surface area contributed by atoms with Crippen molar-refractivity contribution in [2.45, 2.75) is 18.9 Å². The number of aromatic hydroxyl groups is 1. The molecule has 1 fully saturated rings. The summed E-state index contributed by atoms with van der Waals surface area (Å²) in [5.41, 5.74) is 5.19. The number of hydrogen-bond donors (Lipinski definition) is 4. The number of ether oxygens (including phenoxy) is 1. The summed E-state index contributed by atoms with van der Waals surface area (Å²) >= 11 is 5.03. The minimum atomic E-state index is -0.454. The van der Waals surface area contributed by atoms with Crippen LogP contribution in [0, 0.1) is 0 Å². The van der Waals surface area contributed by atoms with Gasteiger partial charge in [0.25, 0.3) is 5.91 Å². The maximum absolute atomic E-state index is 11.8. The number of nitrogens with one attached hydrogen (secondary N) is 3. The van der Waals surface area contributed by atoms with Crippen LogP contribution in [0.5, 0.6) is 5.75 Å². The van der Waals surface area contributed by atoms with Crippen molar-refractivity contribution in [2.24, 2.45) is 0 Å². The van der Waals surface area contributed by atoms with Gasteiger partial charge >= 0.3 is 0 Å². The second-order valence-electron chi connectivity index (χ2n) is 4.44. The van der Waals surface area contributed by atoms with Crippen LogP contribution in [0.3, 0.4) is 0 Å². The lowest BCUT2D eigenvalue weighted by atomic mass is 10.2. The van der Waals surface area contributed by atoms with E-state index in [1.807, 2.05) is 0 Å². The normalized spacial score (nSPS) is 17.5. The Kier molecular flexibility index (Phi) is 5.14. The molecule has 0 aliphatic carbocycles. The van der Waals surface area contributed by atoms with Crippen molar-refractivity contribution < 1.29 is 14.6 Å². The van der Waals surface area contributed by atoms with Crippen molar-refractivity contribution in [3.05, 3.63) is 29.8 Å². The van der Waals surface area contributed by atoms with E-state index in [0.29, 0.717) is 11.7 Å². The second kappa shape index (κ2) is 7.06. The SMILES string of the molecule is O=C(NNC(=S)NCC1CCCO1)c1ccccc1O. The first-order chi connectivity index (χ1) is 9.66. The highest BCUT2D eigenvalue weighted by molar-refractivity contribution is 7.80. The summed E-state index contributed by atoms with van der Waals surface area (Å²) in [4.78, 5) is 11.8. The van der Waals surface area contributed by atoms with E-state index in [1.54, 1.807) is 12.1 Å². The molecular formula is C13H17N3O3S. The summed E-state index contributed by atoms with van der Waals surface area (Å²) < 4.78 is 5.44. The van der Waals surface area contributed by atoms with Crippen LogP contribution in [0.25, 0.3) is 0 Å². The van der Waals surface area contributed by atoms with Gasteiger partial charge < -0.3 is 15.2 Å². The number of para-hydroxylation sites is 1. The van der Waals surface area contributed by atoms with Gasteiger partial charge in [0.05, 0.1) is 11.7 Å². The highest BCUT2D eigenvalue weighted by atomic mass is 32.1. The molecule has 0 spiro atoms. The van der Waals surface area contributed by atoms with Gasteiger partial charge in [0, 0.05) is 13.2 Å². The van der Waals surface area contributed by atoms with Crippen LogP contribution in [-0.4, -0.2) is 35.4 Å². The van der Waals surface area contributed by atoms with E-state index < -0.39 is 5.91 Å². The fraction of sp³-hybridized carbons (Fsp3) is 0.385. The first-order valence-electron chi connectivity index (χ1n) is 6.40. The van der Waals surface area contributed by atoms with Crippen molar-refractivity contribution in [1.82, 2.24) is 16.2 Å². The molecule has 0 radical (unpaired) electrons. The maximum Gasteiger partial charge on any atom is 0.273 e. The molecule has 1 aliphatic heterocycles. The number of benzene rings is 1. The van der Waals surface area contributed by atoms with Crippen molar-refractivity contribution in [1.29, 1.82) is 0 Å². The second-order valence-corrected chi connectivity index (χ2v) is 4.85. The molecule has 1 aromatic carbocycles. The lowest BCUT2D eigenvalue weighted by Gasteiger charge is -2.14. The molecule has 0 bridgehead atoms. The Bertz CT molecular complexity index is 490. The molecule has 6 nitrogen and oxygen atoms in total. The van der Waals surface area contributed by atoms with Crippen LogP contribution in [-0.2, 0) is 4.74 Å². The van der Waals surface area contributed by atoms with Crippen molar-refractivity contribution in [2.75, 3.05) is 13.2 Å². The van der Waals surface area contributed by atoms with Crippen LogP contribution >= 0.6 is 12.2 Å². The molecule has 1 amide bonds. The minimum Gasteiger partial charge on any atom is -0.507 e. The smallest absolute Gasteiger partial charge is 0.273 e. The van der Waals surface area contributed by atoms with Gasteiger partial charge in [-0.1, -0.05) is 12.1 Å². The maximum atomic E-state index is 11.8. The standard InChI is InChI=1S/C13H17N3O3S/c17-11-6-2-1-5-10(11)12(18)15-16-13(20)14-8-9-4-3-7-19-9/h1-2,5-6,9,17H,3-4,7-8H2,(H,15,18)(H2,14,16,20). The first-order valence-corrected chi connectivity index (χ1v) is 6.81. The quantitative estimate of drug-likeness (QED) is 0.485. The first kappa shape index (κ1) is 14.5. The van der Waals surface area contributed by atoms with Crippen LogP contribution in [0.4, 0.5) is 0 Å². The van der Waals surface area contributed by atoms with E-state index in [1.165, 1.54) is 12.1 Å². The predicted molar refractivity (Wildman–Crippen MR) is 78.3 cm³/mol. The third-order valence-corrected chi connectivity index (χ3v) is 3.20. The summed E-state index contributed by atoms with van der Waals surface area (Å²) in [6, 6.07) is 6.29. The number of carbonyl (C=O) groups is 1. The van der Waals surface area contributed by atoms with Gasteiger partial charge in [0.2, 0.25) is 0 Å². The van der Waals surface area contributed by atoms with Crippen molar-refractivity contribution in [3.8, 4) is 5.75 Å². The van der Waals surface area contributed by atoms with Crippen LogP contribution in [0.2, 0.25) is 0 Å². The molecule has 0 saturated carbocycles. The Labute approximate surface area is 122 Å². The highest BCUT2D eigenvalue weighted by Crippen LogP contribution is 2.14. The van der Waals surface area contributed by atoms with Crippen LogP contribution in [0.1, 0.15) is 23.2 Å². The number of phenols is 1. The lowest BCUT2D eigenvalue weighted by molar-refractivity contribution is 0.0940. The molecule has 20 heavy (non-hydrogen) atoms. The molecular weight excluding hydrogens is 278 g/mol. The van der Waals surface area contributed by atoms with Gasteiger partial charge in [-0.3, -0.25) is 15.6 Å². The average Bonchev–Trinajstić information content (AvgIpc) is 2.96. The number of phenolic OH excluding ortho intramolecular Hbond substituents is 1. The Morgan fingerprint density at radius 1 is 1.40 bits per heavy atom. The number of rotatable bonds is 3. The molecule has 7 heteroatoms. The fourth-order valence-corrected chi connectivity index (χ4v) is 2.04. The molecule has 108 valence electrons. The van der Waals surface area contributed by atoms with Gasteiger partial charge in [-0.2, -0.15) is 0 Å². The van der Waals surface area contributed by atoms with E-state index >= 15 is 0 Å². The van der Waals surface area contributed by atoms with Crippen LogP contribution in [0.15, 0.2) is 24.3 Å². The van der Waals surface area contributed by atoms with Crippen LogP contribution < -0.4 is 16.2 Å². The highest BCUT2D eigenvalue weighted by Gasteiger charge is 2.15. The Morgan fingerprint density at radius 2 is 2.20 bits per heavy atom. The van der Waals surface area contributed by atoms with E-state index in [9.17, 15) is 9.90 Å². The Morgan fingerprint density at radius 3 is 2.90 bits per heavy atom. The third-order valence-electron chi connectivity index (χ3n) is 2.95. The van der Waals surface area contributed by atoms with Crippen molar-refractivity contribution >= 4 is 23.2 Å².